The van der Waals surface area contributed by atoms with Gasteiger partial charge in [-0.2, -0.15) is 0 Å². The summed E-state index contributed by atoms with van der Waals surface area (Å²) >= 11 is 1.30. The number of nitrogens with one attached hydrogen (secondary N) is 2. The molecule has 158 valence electrons. The van der Waals surface area contributed by atoms with Crippen LogP contribution < -0.4 is 10.6 Å². The fourth-order valence-electron chi connectivity index (χ4n) is 3.37. The highest BCUT2D eigenvalue weighted by atomic mass is 32.1. The molecule has 8 nitrogen and oxygen atoms in total. The summed E-state index contributed by atoms with van der Waals surface area (Å²) in [5.74, 6) is -0.530. The van der Waals surface area contributed by atoms with Gasteiger partial charge in [-0.1, -0.05) is 67.6 Å². The Morgan fingerprint density at radius 3 is 2.16 bits per heavy atom. The molecule has 0 saturated carbocycles. The van der Waals surface area contributed by atoms with Crippen LogP contribution in [0.2, 0.25) is 0 Å². The zero-order valence-corrected chi connectivity index (χ0v) is 17.8. The van der Waals surface area contributed by atoms with Crippen molar-refractivity contribution >= 4 is 34.3 Å². The smallest absolute Gasteiger partial charge is 0.321 e. The number of benzene rings is 2. The van der Waals surface area contributed by atoms with Crippen molar-refractivity contribution in [3.05, 3.63) is 76.3 Å². The maximum Gasteiger partial charge on any atom is 0.321 e. The third kappa shape index (κ3) is 4.17. The lowest BCUT2D eigenvalue weighted by atomic mass is 10.1. The summed E-state index contributed by atoms with van der Waals surface area (Å²) in [4.78, 5) is 39.6. The van der Waals surface area contributed by atoms with Crippen LogP contribution in [0.3, 0.4) is 0 Å². The highest BCUT2D eigenvalue weighted by Crippen LogP contribution is 2.31. The van der Waals surface area contributed by atoms with E-state index in [-0.39, 0.29) is 24.3 Å². The summed E-state index contributed by atoms with van der Waals surface area (Å²) in [7, 11) is 0. The molecule has 0 bridgehead atoms. The van der Waals surface area contributed by atoms with Crippen LogP contribution in [0.4, 0.5) is 9.93 Å². The highest BCUT2D eigenvalue weighted by molar-refractivity contribution is 7.15. The third-order valence-electron chi connectivity index (χ3n) is 4.93. The van der Waals surface area contributed by atoms with E-state index >= 15 is 0 Å². The number of hydrogen-bond donors (Lipinski definition) is 2. The number of nitrogens with zero attached hydrogens (tertiary/aromatic N) is 3. The van der Waals surface area contributed by atoms with E-state index in [1.54, 1.807) is 24.3 Å². The molecule has 1 aromatic heterocycles. The van der Waals surface area contributed by atoms with E-state index in [1.807, 2.05) is 44.2 Å². The molecule has 0 aliphatic carbocycles. The Labute approximate surface area is 183 Å². The second kappa shape index (κ2) is 8.65. The van der Waals surface area contributed by atoms with Gasteiger partial charge in [0.15, 0.2) is 0 Å². The van der Waals surface area contributed by atoms with Crippen LogP contribution in [0.15, 0.2) is 54.6 Å². The molecule has 0 fully saturated rings. The van der Waals surface area contributed by atoms with Gasteiger partial charge < -0.3 is 5.32 Å². The Morgan fingerprint density at radius 2 is 1.58 bits per heavy atom. The van der Waals surface area contributed by atoms with Crippen molar-refractivity contribution in [1.82, 2.24) is 20.4 Å². The lowest BCUT2D eigenvalue weighted by molar-refractivity contribution is 0.0582. The van der Waals surface area contributed by atoms with E-state index in [2.05, 4.69) is 20.8 Å². The van der Waals surface area contributed by atoms with E-state index in [0.29, 0.717) is 16.3 Å². The molecule has 1 aliphatic rings. The Bertz CT molecular complexity index is 1090. The number of anilines is 1. The minimum absolute atomic E-state index is 0.0527. The maximum atomic E-state index is 13.0. The van der Waals surface area contributed by atoms with Crippen LogP contribution in [-0.4, -0.2) is 39.5 Å². The number of carbonyl (C=O) groups excluding carboxylic acids is 3. The highest BCUT2D eigenvalue weighted by Gasteiger charge is 2.40. The number of fused-ring (bicyclic) bond motifs is 1. The van der Waals surface area contributed by atoms with Crippen molar-refractivity contribution in [3.8, 4) is 0 Å². The molecule has 1 atom stereocenters. The van der Waals surface area contributed by atoms with Gasteiger partial charge in [0.2, 0.25) is 5.13 Å². The molecule has 1 aliphatic heterocycles. The average molecular weight is 436 g/mol. The van der Waals surface area contributed by atoms with Crippen LogP contribution in [0, 0.1) is 0 Å². The van der Waals surface area contributed by atoms with Crippen molar-refractivity contribution in [1.29, 1.82) is 0 Å². The van der Waals surface area contributed by atoms with E-state index in [9.17, 15) is 14.4 Å². The molecule has 9 heteroatoms. The van der Waals surface area contributed by atoms with Crippen molar-refractivity contribution in [2.75, 3.05) is 11.9 Å². The van der Waals surface area contributed by atoms with Crippen LogP contribution in [0.5, 0.6) is 0 Å². The second-order valence-electron chi connectivity index (χ2n) is 7.39. The van der Waals surface area contributed by atoms with Crippen LogP contribution in [0.25, 0.3) is 0 Å². The first-order valence-corrected chi connectivity index (χ1v) is 10.7. The molecular formula is C22H21N5O3S. The number of carbonyl (C=O) groups is 3. The number of urea groups is 1. The molecule has 31 heavy (non-hydrogen) atoms. The number of aromatic nitrogens is 2. The van der Waals surface area contributed by atoms with E-state index in [1.165, 1.54) is 16.2 Å². The van der Waals surface area contributed by atoms with Gasteiger partial charge in [-0.15, -0.1) is 10.2 Å². The summed E-state index contributed by atoms with van der Waals surface area (Å²) in [5.41, 5.74) is 1.48. The Hall–Kier alpha value is -3.59. The summed E-state index contributed by atoms with van der Waals surface area (Å²) < 4.78 is 0. The lowest BCUT2D eigenvalue weighted by Crippen LogP contribution is -2.42. The Balaban J connectivity index is 1.52. The van der Waals surface area contributed by atoms with Gasteiger partial charge >= 0.3 is 6.03 Å². The van der Waals surface area contributed by atoms with Crippen molar-refractivity contribution in [2.24, 2.45) is 0 Å². The summed E-state index contributed by atoms with van der Waals surface area (Å²) in [6.07, 6.45) is 0. The van der Waals surface area contributed by atoms with Gasteiger partial charge in [0.25, 0.3) is 11.8 Å². The molecule has 4 amide bonds. The molecule has 3 aromatic rings. The average Bonchev–Trinajstić information content (AvgIpc) is 3.34. The maximum absolute atomic E-state index is 13.0. The second-order valence-corrected chi connectivity index (χ2v) is 8.40. The molecular weight excluding hydrogens is 414 g/mol. The first-order valence-electron chi connectivity index (χ1n) is 9.86. The van der Waals surface area contributed by atoms with Gasteiger partial charge in [-0.05, 0) is 17.7 Å². The van der Waals surface area contributed by atoms with Crippen LogP contribution in [0.1, 0.15) is 57.1 Å². The number of imide groups is 1. The van der Waals surface area contributed by atoms with Gasteiger partial charge in [-0.25, -0.2) is 4.79 Å². The standard InChI is InChI=1S/C22H21N5O3S/c1-13(2)18-25-26-22(31-18)24-21(30)23-12-17(14-8-4-3-5-9-14)27-19(28)15-10-6-7-11-16(15)20(27)29/h3-11,13,17H,12H2,1-2H3,(H2,23,24,26,30). The molecule has 2 heterocycles. The molecule has 0 saturated heterocycles. The zero-order chi connectivity index (χ0) is 22.0. The monoisotopic (exact) mass is 435 g/mol. The quantitative estimate of drug-likeness (QED) is 0.573. The largest absolute Gasteiger partial charge is 0.335 e. The normalized spacial score (nSPS) is 14.0. The van der Waals surface area contributed by atoms with Crippen molar-refractivity contribution in [3.63, 3.8) is 0 Å². The Kier molecular flexibility index (Phi) is 5.77. The number of amides is 4. The fourth-order valence-corrected chi connectivity index (χ4v) is 4.11. The zero-order valence-electron chi connectivity index (χ0n) is 17.0. The van der Waals surface area contributed by atoms with Gasteiger partial charge in [0, 0.05) is 12.5 Å². The molecule has 2 aromatic carbocycles. The molecule has 2 N–H and O–H groups in total. The van der Waals surface area contributed by atoms with E-state index in [0.717, 1.165) is 10.6 Å². The predicted octanol–water partition coefficient (Wildman–Crippen LogP) is 3.82. The lowest BCUT2D eigenvalue weighted by Gasteiger charge is -2.27. The summed E-state index contributed by atoms with van der Waals surface area (Å²) in [5, 5.41) is 14.6. The first-order chi connectivity index (χ1) is 15.0. The Morgan fingerprint density at radius 1 is 0.968 bits per heavy atom. The summed E-state index contributed by atoms with van der Waals surface area (Å²) in [6, 6.07) is 14.8. The number of rotatable bonds is 6. The molecule has 0 spiro atoms. The fraction of sp³-hybridized carbons (Fsp3) is 0.227. The van der Waals surface area contributed by atoms with E-state index < -0.39 is 12.1 Å². The number of hydrogen-bond acceptors (Lipinski definition) is 6. The minimum atomic E-state index is -0.653. The SMILES string of the molecule is CC(C)c1nnc(NC(=O)NCC(c2ccccc2)N2C(=O)c3ccccc3C2=O)s1. The molecule has 1 unspecified atom stereocenters. The molecule has 4 rings (SSSR count). The minimum Gasteiger partial charge on any atom is -0.335 e. The molecule has 0 radical (unpaired) electrons. The first kappa shape index (κ1) is 20.7. The van der Waals surface area contributed by atoms with Crippen molar-refractivity contribution in [2.45, 2.75) is 25.8 Å². The third-order valence-corrected chi connectivity index (χ3v) is 6.07. The summed E-state index contributed by atoms with van der Waals surface area (Å²) in [6.45, 7) is 4.05. The van der Waals surface area contributed by atoms with E-state index in [4.69, 9.17) is 0 Å². The van der Waals surface area contributed by atoms with Gasteiger partial charge in [0.05, 0.1) is 17.2 Å². The topological polar surface area (TPSA) is 104 Å². The van der Waals surface area contributed by atoms with Crippen LogP contribution >= 0.6 is 11.3 Å². The van der Waals surface area contributed by atoms with Crippen LogP contribution in [-0.2, 0) is 0 Å². The van der Waals surface area contributed by atoms with Gasteiger partial charge in [-0.3, -0.25) is 19.8 Å². The predicted molar refractivity (Wildman–Crippen MR) is 117 cm³/mol. The van der Waals surface area contributed by atoms with Crippen molar-refractivity contribution < 1.29 is 14.4 Å². The van der Waals surface area contributed by atoms with Gasteiger partial charge in [0.1, 0.15) is 5.01 Å².